The van der Waals surface area contributed by atoms with E-state index >= 15 is 0 Å². The highest BCUT2D eigenvalue weighted by atomic mass is 16.5. The van der Waals surface area contributed by atoms with Crippen molar-refractivity contribution in [2.45, 2.75) is 6.42 Å². The van der Waals surface area contributed by atoms with Crippen LogP contribution in [0, 0.1) is 11.8 Å². The second-order valence-corrected chi connectivity index (χ2v) is 2.46. The van der Waals surface area contributed by atoms with Crippen LogP contribution in [0.2, 0.25) is 0 Å². The second kappa shape index (κ2) is 4.31. The molecule has 0 saturated heterocycles. The molecule has 1 aromatic rings. The van der Waals surface area contributed by atoms with Gasteiger partial charge in [0.15, 0.2) is 0 Å². The molecule has 4 heteroatoms. The molecule has 0 fully saturated rings. The first-order valence-corrected chi connectivity index (χ1v) is 3.76. The third-order valence-corrected chi connectivity index (χ3v) is 1.40. The number of ether oxygens (including phenoxy) is 1. The largest absolute Gasteiger partial charge is 0.468 e. The van der Waals surface area contributed by atoms with Gasteiger partial charge < -0.3 is 4.74 Å². The Hall–Kier alpha value is -1.76. The van der Waals surface area contributed by atoms with E-state index in [-0.39, 0.29) is 12.4 Å². The lowest BCUT2D eigenvalue weighted by atomic mass is 10.3. The van der Waals surface area contributed by atoms with Crippen molar-refractivity contribution in [2.24, 2.45) is 7.05 Å². The summed E-state index contributed by atoms with van der Waals surface area (Å²) in [7, 11) is 3.15. The molecule has 1 rings (SSSR count). The van der Waals surface area contributed by atoms with Gasteiger partial charge in [0.1, 0.15) is 6.42 Å². The molecule has 0 bridgehead atoms. The molecule has 13 heavy (non-hydrogen) atoms. The van der Waals surface area contributed by atoms with Crippen LogP contribution in [-0.4, -0.2) is 22.9 Å². The van der Waals surface area contributed by atoms with Crippen LogP contribution in [0.4, 0.5) is 0 Å². The Balaban J connectivity index is 2.53. The average molecular weight is 178 g/mol. The predicted molar refractivity (Wildman–Crippen MR) is 46.7 cm³/mol. The highest BCUT2D eigenvalue weighted by molar-refractivity contribution is 5.72. The number of nitrogens with zero attached hydrogens (tertiary/aromatic N) is 2. The minimum atomic E-state index is -0.323. The molecule has 0 atom stereocenters. The van der Waals surface area contributed by atoms with Crippen LogP contribution in [0.5, 0.6) is 0 Å². The predicted octanol–water partition coefficient (Wildman–Crippen LogP) is 0.335. The number of aromatic nitrogens is 2. The van der Waals surface area contributed by atoms with Crippen molar-refractivity contribution in [2.75, 3.05) is 7.11 Å². The molecule has 0 aliphatic heterocycles. The van der Waals surface area contributed by atoms with E-state index in [4.69, 9.17) is 0 Å². The van der Waals surface area contributed by atoms with Gasteiger partial charge in [-0.15, -0.1) is 0 Å². The molecule has 0 saturated carbocycles. The molecule has 0 aliphatic rings. The van der Waals surface area contributed by atoms with Crippen LogP contribution in [0.15, 0.2) is 12.4 Å². The summed E-state index contributed by atoms with van der Waals surface area (Å²) in [5.41, 5.74) is 0.798. The van der Waals surface area contributed by atoms with Gasteiger partial charge in [0.25, 0.3) is 0 Å². The van der Waals surface area contributed by atoms with Crippen molar-refractivity contribution in [1.29, 1.82) is 0 Å². The molecule has 0 aromatic carbocycles. The fourth-order valence-corrected chi connectivity index (χ4v) is 0.776. The van der Waals surface area contributed by atoms with E-state index < -0.39 is 0 Å². The number of hydrogen-bond donors (Lipinski definition) is 0. The summed E-state index contributed by atoms with van der Waals surface area (Å²) in [6.45, 7) is 0. The Bertz CT molecular complexity index is 357. The summed E-state index contributed by atoms with van der Waals surface area (Å²) >= 11 is 0. The van der Waals surface area contributed by atoms with Crippen molar-refractivity contribution >= 4 is 5.97 Å². The monoisotopic (exact) mass is 178 g/mol. The van der Waals surface area contributed by atoms with Crippen LogP contribution in [0.1, 0.15) is 12.0 Å². The normalized spacial score (nSPS) is 8.77. The third kappa shape index (κ3) is 2.99. The van der Waals surface area contributed by atoms with Crippen molar-refractivity contribution in [3.8, 4) is 11.8 Å². The standard InChI is InChI=1S/C9H10N2O2/c1-11-7-8(6-10-11)4-3-5-9(12)13-2/h6-7H,5H2,1-2H3. The third-order valence-electron chi connectivity index (χ3n) is 1.40. The first-order valence-electron chi connectivity index (χ1n) is 3.76. The van der Waals surface area contributed by atoms with Crippen LogP contribution in [0.3, 0.4) is 0 Å². The quantitative estimate of drug-likeness (QED) is 0.460. The zero-order valence-electron chi connectivity index (χ0n) is 7.57. The summed E-state index contributed by atoms with van der Waals surface area (Å²) < 4.78 is 6.09. The minimum Gasteiger partial charge on any atom is -0.468 e. The lowest BCUT2D eigenvalue weighted by Crippen LogP contribution is -1.96. The second-order valence-electron chi connectivity index (χ2n) is 2.46. The first-order chi connectivity index (χ1) is 6.22. The van der Waals surface area contributed by atoms with Crippen molar-refractivity contribution in [1.82, 2.24) is 9.78 Å². The van der Waals surface area contributed by atoms with Crippen molar-refractivity contribution in [3.05, 3.63) is 18.0 Å². The molecule has 0 aliphatic carbocycles. The number of methoxy groups -OCH3 is 1. The Morgan fingerprint density at radius 2 is 2.54 bits per heavy atom. The average Bonchev–Trinajstić information content (AvgIpc) is 2.51. The number of carbonyl (C=O) groups excluding carboxylic acids is 1. The fraction of sp³-hybridized carbons (Fsp3) is 0.333. The summed E-state index contributed by atoms with van der Waals surface area (Å²) in [6, 6.07) is 0. The molecule has 68 valence electrons. The zero-order valence-corrected chi connectivity index (χ0v) is 7.57. The summed E-state index contributed by atoms with van der Waals surface area (Å²) in [5, 5.41) is 3.93. The molecule has 0 spiro atoms. The molecule has 0 N–H and O–H groups in total. The number of carbonyl (C=O) groups is 1. The van der Waals surface area contributed by atoms with Gasteiger partial charge in [0.2, 0.25) is 0 Å². The number of aryl methyl sites for hydroxylation is 1. The van der Waals surface area contributed by atoms with Crippen molar-refractivity contribution in [3.63, 3.8) is 0 Å². The van der Waals surface area contributed by atoms with Gasteiger partial charge >= 0.3 is 5.97 Å². The maximum Gasteiger partial charge on any atom is 0.317 e. The minimum absolute atomic E-state index is 0.116. The lowest BCUT2D eigenvalue weighted by Gasteiger charge is -1.88. The van der Waals surface area contributed by atoms with Crippen LogP contribution in [-0.2, 0) is 16.6 Å². The van der Waals surface area contributed by atoms with Gasteiger partial charge in [-0.05, 0) is 0 Å². The Morgan fingerprint density at radius 1 is 1.77 bits per heavy atom. The molecular weight excluding hydrogens is 168 g/mol. The van der Waals surface area contributed by atoms with Gasteiger partial charge in [0.05, 0.1) is 18.9 Å². The van der Waals surface area contributed by atoms with Gasteiger partial charge in [-0.2, -0.15) is 5.10 Å². The van der Waals surface area contributed by atoms with Gasteiger partial charge in [-0.25, -0.2) is 0 Å². The number of esters is 1. The van der Waals surface area contributed by atoms with E-state index in [1.165, 1.54) is 7.11 Å². The Labute approximate surface area is 76.5 Å². The summed E-state index contributed by atoms with van der Waals surface area (Å²) in [5.74, 6) is 5.16. The molecule has 4 nitrogen and oxygen atoms in total. The fourth-order valence-electron chi connectivity index (χ4n) is 0.776. The van der Waals surface area contributed by atoms with Crippen LogP contribution in [0.25, 0.3) is 0 Å². The molecular formula is C9H10N2O2. The van der Waals surface area contributed by atoms with Crippen LogP contribution < -0.4 is 0 Å². The molecule has 1 heterocycles. The van der Waals surface area contributed by atoms with Gasteiger partial charge in [0, 0.05) is 13.2 Å². The first kappa shape index (κ1) is 9.33. The molecule has 0 radical (unpaired) electrons. The van der Waals surface area contributed by atoms with E-state index in [9.17, 15) is 4.79 Å². The topological polar surface area (TPSA) is 44.1 Å². The summed E-state index contributed by atoms with van der Waals surface area (Å²) in [4.78, 5) is 10.7. The van der Waals surface area contributed by atoms with E-state index in [2.05, 4.69) is 21.7 Å². The van der Waals surface area contributed by atoms with E-state index in [0.717, 1.165) is 5.56 Å². The van der Waals surface area contributed by atoms with Gasteiger partial charge in [-0.3, -0.25) is 9.48 Å². The highest BCUT2D eigenvalue weighted by Gasteiger charge is 1.94. The Kier molecular flexibility index (Phi) is 3.09. The van der Waals surface area contributed by atoms with Crippen molar-refractivity contribution < 1.29 is 9.53 Å². The van der Waals surface area contributed by atoms with E-state index in [1.54, 1.807) is 17.1 Å². The smallest absolute Gasteiger partial charge is 0.317 e. The maximum absolute atomic E-state index is 10.7. The Morgan fingerprint density at radius 3 is 3.08 bits per heavy atom. The number of hydrogen-bond acceptors (Lipinski definition) is 3. The van der Waals surface area contributed by atoms with Crippen LogP contribution >= 0.6 is 0 Å². The molecule has 1 aromatic heterocycles. The number of rotatable bonds is 1. The molecule has 0 amide bonds. The highest BCUT2D eigenvalue weighted by Crippen LogP contribution is 1.92. The summed E-state index contributed by atoms with van der Waals surface area (Å²) in [6.07, 6.45) is 3.54. The SMILES string of the molecule is COC(=O)CC#Cc1cnn(C)c1. The van der Waals surface area contributed by atoms with Gasteiger partial charge in [-0.1, -0.05) is 11.8 Å². The van der Waals surface area contributed by atoms with E-state index in [0.29, 0.717) is 0 Å². The van der Waals surface area contributed by atoms with E-state index in [1.807, 2.05) is 7.05 Å². The zero-order chi connectivity index (χ0) is 9.68. The lowest BCUT2D eigenvalue weighted by molar-refractivity contribution is -0.139. The maximum atomic E-state index is 10.7. The molecule has 0 unspecified atom stereocenters.